The van der Waals surface area contributed by atoms with Crippen LogP contribution in [0.5, 0.6) is 0 Å². The van der Waals surface area contributed by atoms with Crippen LogP contribution in [0.15, 0.2) is 69.8 Å². The number of hydrogen-bond donors (Lipinski definition) is 0. The first-order valence-corrected chi connectivity index (χ1v) is 9.66. The average molecular weight is 440 g/mol. The maximum absolute atomic E-state index is 12.5. The van der Waals surface area contributed by atoms with E-state index in [1.807, 2.05) is 65.5 Å². The van der Waals surface area contributed by atoms with Crippen molar-refractivity contribution >= 4 is 34.2 Å². The molecule has 0 spiro atoms. The molecule has 1 saturated heterocycles. The number of hydrazine groups is 1. The van der Waals surface area contributed by atoms with Crippen molar-refractivity contribution in [3.05, 3.63) is 75.9 Å². The summed E-state index contributed by atoms with van der Waals surface area (Å²) in [6.45, 7) is 0. The largest absolute Gasteiger partial charge is 0.467 e. The number of benzene rings is 2. The molecule has 0 amide bonds. The molecule has 4 rings (SSSR count). The number of aliphatic imine (C=N–C) groups is 1. The monoisotopic (exact) mass is 439 g/mol. The molecule has 2 aliphatic rings. The van der Waals surface area contributed by atoms with E-state index < -0.39 is 18.1 Å². The summed E-state index contributed by atoms with van der Waals surface area (Å²) in [5.41, 5.74) is 2.45. The van der Waals surface area contributed by atoms with E-state index in [0.29, 0.717) is 12.1 Å². The number of hydrogen-bond acceptors (Lipinski definition) is 6. The Morgan fingerprint density at radius 1 is 1.14 bits per heavy atom. The average Bonchev–Trinajstić information content (AvgIpc) is 3.12. The van der Waals surface area contributed by atoms with Crippen molar-refractivity contribution in [2.45, 2.75) is 24.5 Å². The van der Waals surface area contributed by atoms with Crippen LogP contribution in [0.2, 0.25) is 0 Å². The lowest BCUT2D eigenvalue weighted by atomic mass is 9.95. The summed E-state index contributed by atoms with van der Waals surface area (Å²) >= 11 is 3.45. The summed E-state index contributed by atoms with van der Waals surface area (Å²) < 4.78 is 5.96. The number of fused-ring (bicyclic) bond motifs is 1. The van der Waals surface area contributed by atoms with Crippen LogP contribution in [0.1, 0.15) is 29.6 Å². The van der Waals surface area contributed by atoms with E-state index in [-0.39, 0.29) is 6.04 Å². The van der Waals surface area contributed by atoms with Gasteiger partial charge in [0.15, 0.2) is 6.04 Å². The molecular formula is C21H18BrN3O3. The van der Waals surface area contributed by atoms with Gasteiger partial charge in [0.25, 0.3) is 0 Å². The number of esters is 1. The van der Waals surface area contributed by atoms with Crippen LogP contribution in [-0.2, 0) is 14.3 Å². The second-order valence-electron chi connectivity index (χ2n) is 6.63. The zero-order chi connectivity index (χ0) is 19.7. The fraction of sp³-hybridized carbons (Fsp3) is 0.238. The van der Waals surface area contributed by atoms with E-state index in [1.165, 1.54) is 13.4 Å². The molecule has 3 unspecified atom stereocenters. The highest BCUT2D eigenvalue weighted by Crippen LogP contribution is 2.46. The molecule has 2 aliphatic heterocycles. The van der Waals surface area contributed by atoms with Crippen molar-refractivity contribution < 1.29 is 14.3 Å². The van der Waals surface area contributed by atoms with Crippen LogP contribution in [-0.4, -0.2) is 41.4 Å². The molecule has 2 heterocycles. The van der Waals surface area contributed by atoms with Gasteiger partial charge in [-0.15, -0.1) is 0 Å². The predicted octanol–water partition coefficient (Wildman–Crippen LogP) is 3.45. The van der Waals surface area contributed by atoms with Crippen LogP contribution in [0, 0.1) is 0 Å². The van der Waals surface area contributed by atoms with Gasteiger partial charge in [-0.05, 0) is 23.3 Å². The number of methoxy groups -OCH3 is 1. The number of rotatable bonds is 3. The van der Waals surface area contributed by atoms with Gasteiger partial charge >= 0.3 is 5.97 Å². The summed E-state index contributed by atoms with van der Waals surface area (Å²) in [5.74, 6) is 1.62. The predicted molar refractivity (Wildman–Crippen MR) is 108 cm³/mol. The Bertz CT molecular complexity index is 955. The lowest BCUT2D eigenvalue weighted by molar-refractivity contribution is -0.146. The van der Waals surface area contributed by atoms with Crippen LogP contribution >= 0.6 is 15.9 Å². The second-order valence-corrected chi connectivity index (χ2v) is 7.55. The number of carbonyl (C=O) groups is 1. The van der Waals surface area contributed by atoms with Gasteiger partial charge in [-0.1, -0.05) is 58.4 Å². The summed E-state index contributed by atoms with van der Waals surface area (Å²) in [6.07, 6.45) is 2.01. The van der Waals surface area contributed by atoms with Crippen LogP contribution < -0.4 is 0 Å². The Hall–Kier alpha value is -2.73. The van der Waals surface area contributed by atoms with Gasteiger partial charge in [0, 0.05) is 10.9 Å². The van der Waals surface area contributed by atoms with Crippen molar-refractivity contribution in [1.82, 2.24) is 10.0 Å². The molecule has 7 heteroatoms. The Morgan fingerprint density at radius 3 is 2.50 bits per heavy atom. The summed E-state index contributed by atoms with van der Waals surface area (Å²) in [4.78, 5) is 28.6. The molecule has 2 aromatic rings. The molecule has 0 N–H and O–H groups in total. The summed E-state index contributed by atoms with van der Waals surface area (Å²) in [6, 6.07) is 16.4. The van der Waals surface area contributed by atoms with E-state index >= 15 is 0 Å². The number of ether oxygens (including phenoxy) is 1. The third kappa shape index (κ3) is 3.18. The molecule has 6 nitrogen and oxygen atoms in total. The smallest absolute Gasteiger partial charge is 0.332 e. The molecule has 2 aromatic carbocycles. The minimum Gasteiger partial charge on any atom is -0.467 e. The minimum absolute atomic E-state index is 0.120. The molecule has 28 heavy (non-hydrogen) atoms. The van der Waals surface area contributed by atoms with E-state index in [9.17, 15) is 9.59 Å². The molecule has 142 valence electrons. The fourth-order valence-corrected chi connectivity index (χ4v) is 4.08. The molecule has 3 atom stereocenters. The highest BCUT2D eigenvalue weighted by atomic mass is 79.9. The second kappa shape index (κ2) is 7.72. The highest BCUT2D eigenvalue weighted by Gasteiger charge is 2.48. The molecule has 0 saturated carbocycles. The Kier molecular flexibility index (Phi) is 5.13. The van der Waals surface area contributed by atoms with E-state index in [1.54, 1.807) is 5.01 Å². The lowest BCUT2D eigenvalue weighted by Gasteiger charge is -2.42. The molecule has 0 radical (unpaired) electrons. The van der Waals surface area contributed by atoms with Crippen LogP contribution in [0.4, 0.5) is 0 Å². The van der Waals surface area contributed by atoms with Gasteiger partial charge in [0.2, 0.25) is 0 Å². The maximum atomic E-state index is 12.5. The normalized spacial score (nSPS) is 24.0. The molecule has 0 aromatic heterocycles. The first-order valence-electron chi connectivity index (χ1n) is 8.87. The molecule has 0 bridgehead atoms. The molecule has 0 aliphatic carbocycles. The van der Waals surface area contributed by atoms with Gasteiger partial charge in [-0.2, -0.15) is 5.01 Å². The van der Waals surface area contributed by atoms with Crippen molar-refractivity contribution in [3.63, 3.8) is 0 Å². The zero-order valence-corrected chi connectivity index (χ0v) is 16.7. The zero-order valence-electron chi connectivity index (χ0n) is 15.2. The van der Waals surface area contributed by atoms with Gasteiger partial charge in [-0.25, -0.2) is 9.59 Å². The van der Waals surface area contributed by atoms with E-state index in [2.05, 4.69) is 20.9 Å². The lowest BCUT2D eigenvalue weighted by Crippen LogP contribution is -2.50. The number of nitrogens with zero attached hydrogens (tertiary/aromatic N) is 3. The first kappa shape index (κ1) is 18.6. The molecular weight excluding hydrogens is 422 g/mol. The minimum atomic E-state index is -0.736. The topological polar surface area (TPSA) is 62.2 Å². The Balaban J connectivity index is 1.86. The summed E-state index contributed by atoms with van der Waals surface area (Å²) in [7, 11) is 1.36. The van der Waals surface area contributed by atoms with Gasteiger partial charge < -0.3 is 4.74 Å². The number of halogens is 1. The highest BCUT2D eigenvalue weighted by molar-refractivity contribution is 9.10. The van der Waals surface area contributed by atoms with Gasteiger partial charge in [-0.3, -0.25) is 10.0 Å². The fourth-order valence-electron chi connectivity index (χ4n) is 3.82. The van der Waals surface area contributed by atoms with Crippen molar-refractivity contribution in [2.24, 2.45) is 4.99 Å². The van der Waals surface area contributed by atoms with Crippen molar-refractivity contribution in [3.8, 4) is 0 Å². The van der Waals surface area contributed by atoms with Crippen molar-refractivity contribution in [2.75, 3.05) is 7.11 Å². The standard InChI is InChI=1S/C21H18BrN3O3/c1-28-21(27)19-20(15-7-9-16(22)10-8-15)25-18(14-5-3-2-4-6-14)11-17(12-26)24(25)13-23-19/h2-10,13,18-20H,11H2,1H3. The van der Waals surface area contributed by atoms with Crippen LogP contribution in [0.25, 0.3) is 0 Å². The molecule has 1 fully saturated rings. The third-order valence-corrected chi connectivity index (χ3v) is 5.64. The third-order valence-electron chi connectivity index (χ3n) is 5.11. The van der Waals surface area contributed by atoms with Gasteiger partial charge in [0.1, 0.15) is 18.0 Å². The van der Waals surface area contributed by atoms with Crippen molar-refractivity contribution in [1.29, 1.82) is 0 Å². The SMILES string of the molecule is COC(=O)C1N=CN2C(=C=O)CC(c3ccccc3)N2C1c1ccc(Br)cc1. The van der Waals surface area contributed by atoms with E-state index in [4.69, 9.17) is 4.74 Å². The Morgan fingerprint density at radius 2 is 1.86 bits per heavy atom. The number of carbonyl (C=O) groups excluding carboxylic acids is 2. The quantitative estimate of drug-likeness (QED) is 0.541. The van der Waals surface area contributed by atoms with E-state index in [0.717, 1.165) is 15.6 Å². The van der Waals surface area contributed by atoms with Crippen LogP contribution in [0.3, 0.4) is 0 Å². The van der Waals surface area contributed by atoms with Gasteiger partial charge in [0.05, 0.1) is 19.2 Å². The summed E-state index contributed by atoms with van der Waals surface area (Å²) in [5, 5.41) is 3.75. The first-order chi connectivity index (χ1) is 13.6. The maximum Gasteiger partial charge on any atom is 0.332 e. The Labute approximate surface area is 171 Å².